The highest BCUT2D eigenvalue weighted by atomic mass is 79.9. The van der Waals surface area contributed by atoms with E-state index >= 15 is 0 Å². The number of alkyl halides is 1. The minimum absolute atomic E-state index is 0.856. The summed E-state index contributed by atoms with van der Waals surface area (Å²) in [6.07, 6.45) is 0. The van der Waals surface area contributed by atoms with E-state index in [2.05, 4.69) is 38.8 Å². The Hall–Kier alpha value is -0.0200. The molecular formula is C9H10Br2O. The van der Waals surface area contributed by atoms with Gasteiger partial charge in [0.25, 0.3) is 0 Å². The molecule has 0 bridgehead atoms. The topological polar surface area (TPSA) is 9.23 Å². The van der Waals surface area contributed by atoms with Crippen molar-refractivity contribution in [3.8, 4) is 5.75 Å². The highest BCUT2D eigenvalue weighted by molar-refractivity contribution is 9.10. The number of ether oxygens (including phenoxy) is 1. The van der Waals surface area contributed by atoms with Crippen molar-refractivity contribution >= 4 is 31.9 Å². The molecule has 66 valence electrons. The van der Waals surface area contributed by atoms with Gasteiger partial charge in [0.05, 0.1) is 7.11 Å². The summed E-state index contributed by atoms with van der Waals surface area (Å²) in [4.78, 5) is 0. The van der Waals surface area contributed by atoms with Gasteiger partial charge in [-0.25, -0.2) is 0 Å². The summed E-state index contributed by atoms with van der Waals surface area (Å²) < 4.78 is 6.24. The molecule has 0 amide bonds. The standard InChI is InChI=1S/C9H10Br2O/c1-6-7(5-10)3-8(12-2)4-9(6)11/h3-4H,5H2,1-2H3. The zero-order chi connectivity index (χ0) is 9.14. The fraction of sp³-hybridized carbons (Fsp3) is 0.333. The Labute approximate surface area is 89.4 Å². The van der Waals surface area contributed by atoms with Crippen molar-refractivity contribution in [2.24, 2.45) is 0 Å². The summed E-state index contributed by atoms with van der Waals surface area (Å²) in [7, 11) is 1.68. The minimum Gasteiger partial charge on any atom is -0.497 e. The second kappa shape index (κ2) is 4.28. The second-order valence-electron chi connectivity index (χ2n) is 2.53. The van der Waals surface area contributed by atoms with E-state index in [9.17, 15) is 0 Å². The normalized spacial score (nSPS) is 10.0. The van der Waals surface area contributed by atoms with E-state index in [1.165, 1.54) is 11.1 Å². The first-order chi connectivity index (χ1) is 5.69. The van der Waals surface area contributed by atoms with Gasteiger partial charge in [0, 0.05) is 9.80 Å². The van der Waals surface area contributed by atoms with Gasteiger partial charge in [0.2, 0.25) is 0 Å². The van der Waals surface area contributed by atoms with E-state index in [0.717, 1.165) is 15.6 Å². The summed E-state index contributed by atoms with van der Waals surface area (Å²) in [6.45, 7) is 2.08. The Morgan fingerprint density at radius 2 is 2.08 bits per heavy atom. The van der Waals surface area contributed by atoms with Crippen LogP contribution in [-0.4, -0.2) is 7.11 Å². The van der Waals surface area contributed by atoms with Crippen LogP contribution in [0.2, 0.25) is 0 Å². The summed E-state index contributed by atoms with van der Waals surface area (Å²) in [6, 6.07) is 4.01. The maximum absolute atomic E-state index is 5.14. The number of rotatable bonds is 2. The van der Waals surface area contributed by atoms with Gasteiger partial charge >= 0.3 is 0 Å². The Balaban J connectivity index is 3.19. The van der Waals surface area contributed by atoms with Crippen LogP contribution in [0.4, 0.5) is 0 Å². The highest BCUT2D eigenvalue weighted by Gasteiger charge is 2.03. The lowest BCUT2D eigenvalue weighted by Crippen LogP contribution is -1.90. The largest absolute Gasteiger partial charge is 0.497 e. The molecule has 1 aromatic carbocycles. The third-order valence-electron chi connectivity index (χ3n) is 1.81. The number of hydrogen-bond acceptors (Lipinski definition) is 1. The molecule has 0 aromatic heterocycles. The molecule has 1 rings (SSSR count). The van der Waals surface area contributed by atoms with Gasteiger partial charge in [-0.05, 0) is 30.2 Å². The van der Waals surface area contributed by atoms with E-state index in [1.54, 1.807) is 7.11 Å². The van der Waals surface area contributed by atoms with Crippen molar-refractivity contribution in [1.29, 1.82) is 0 Å². The summed E-state index contributed by atoms with van der Waals surface area (Å²) >= 11 is 6.91. The van der Waals surface area contributed by atoms with Crippen molar-refractivity contribution in [3.63, 3.8) is 0 Å². The molecule has 3 heteroatoms. The minimum atomic E-state index is 0.856. The van der Waals surface area contributed by atoms with Crippen LogP contribution in [0.5, 0.6) is 5.75 Å². The monoisotopic (exact) mass is 292 g/mol. The number of halogens is 2. The van der Waals surface area contributed by atoms with Crippen LogP contribution in [0.25, 0.3) is 0 Å². The molecule has 1 aromatic rings. The van der Waals surface area contributed by atoms with Gasteiger partial charge in [0.1, 0.15) is 5.75 Å². The Kier molecular flexibility index (Phi) is 3.59. The molecule has 0 unspecified atom stereocenters. The lowest BCUT2D eigenvalue weighted by atomic mass is 10.1. The SMILES string of the molecule is COc1cc(Br)c(C)c(CBr)c1. The van der Waals surface area contributed by atoms with Crippen LogP contribution in [-0.2, 0) is 5.33 Å². The van der Waals surface area contributed by atoms with Gasteiger partial charge in [-0.3, -0.25) is 0 Å². The van der Waals surface area contributed by atoms with Crippen molar-refractivity contribution in [2.75, 3.05) is 7.11 Å². The summed E-state index contributed by atoms with van der Waals surface area (Å²) in [5, 5.41) is 0.856. The molecule has 0 aliphatic carbocycles. The summed E-state index contributed by atoms with van der Waals surface area (Å²) in [5.41, 5.74) is 2.51. The molecule has 0 aliphatic heterocycles. The van der Waals surface area contributed by atoms with E-state index in [4.69, 9.17) is 4.74 Å². The van der Waals surface area contributed by atoms with Gasteiger partial charge in [-0.1, -0.05) is 31.9 Å². The van der Waals surface area contributed by atoms with E-state index in [1.807, 2.05) is 12.1 Å². The van der Waals surface area contributed by atoms with Crippen molar-refractivity contribution in [2.45, 2.75) is 12.3 Å². The maximum Gasteiger partial charge on any atom is 0.120 e. The average Bonchev–Trinajstić information content (AvgIpc) is 2.09. The number of benzene rings is 1. The average molecular weight is 294 g/mol. The molecule has 0 atom stereocenters. The third kappa shape index (κ3) is 2.02. The first kappa shape index (κ1) is 10.1. The van der Waals surface area contributed by atoms with E-state index in [-0.39, 0.29) is 0 Å². The van der Waals surface area contributed by atoms with Crippen molar-refractivity contribution < 1.29 is 4.74 Å². The van der Waals surface area contributed by atoms with Crippen LogP contribution < -0.4 is 4.74 Å². The van der Waals surface area contributed by atoms with Crippen molar-refractivity contribution in [3.05, 3.63) is 27.7 Å². The van der Waals surface area contributed by atoms with E-state index < -0.39 is 0 Å². The maximum atomic E-state index is 5.14. The lowest BCUT2D eigenvalue weighted by molar-refractivity contribution is 0.414. The van der Waals surface area contributed by atoms with Gasteiger partial charge in [-0.2, -0.15) is 0 Å². The molecule has 0 saturated heterocycles. The predicted octanol–water partition coefficient (Wildman–Crippen LogP) is 3.66. The second-order valence-corrected chi connectivity index (χ2v) is 3.94. The molecular weight excluding hydrogens is 284 g/mol. The first-order valence-corrected chi connectivity index (χ1v) is 5.49. The Morgan fingerprint density at radius 3 is 2.58 bits per heavy atom. The fourth-order valence-electron chi connectivity index (χ4n) is 0.965. The van der Waals surface area contributed by atoms with Gasteiger partial charge < -0.3 is 4.74 Å². The molecule has 0 heterocycles. The van der Waals surface area contributed by atoms with Crippen LogP contribution in [0.1, 0.15) is 11.1 Å². The zero-order valence-electron chi connectivity index (χ0n) is 7.03. The number of hydrogen-bond donors (Lipinski definition) is 0. The Bertz CT molecular complexity index is 284. The van der Waals surface area contributed by atoms with E-state index in [0.29, 0.717) is 0 Å². The fourth-order valence-corrected chi connectivity index (χ4v) is 2.03. The quantitative estimate of drug-likeness (QED) is 0.756. The molecule has 0 fully saturated rings. The van der Waals surface area contributed by atoms with Crippen LogP contribution in [0, 0.1) is 6.92 Å². The first-order valence-electron chi connectivity index (χ1n) is 3.58. The van der Waals surface area contributed by atoms with Gasteiger partial charge in [-0.15, -0.1) is 0 Å². The lowest BCUT2D eigenvalue weighted by Gasteiger charge is -2.07. The molecule has 0 radical (unpaired) electrons. The predicted molar refractivity (Wildman–Crippen MR) is 58.1 cm³/mol. The smallest absolute Gasteiger partial charge is 0.120 e. The molecule has 1 nitrogen and oxygen atoms in total. The molecule has 0 spiro atoms. The molecule has 0 N–H and O–H groups in total. The van der Waals surface area contributed by atoms with Crippen LogP contribution in [0.15, 0.2) is 16.6 Å². The van der Waals surface area contributed by atoms with Crippen LogP contribution >= 0.6 is 31.9 Å². The summed E-state index contributed by atoms with van der Waals surface area (Å²) in [5.74, 6) is 0.891. The highest BCUT2D eigenvalue weighted by Crippen LogP contribution is 2.27. The molecule has 0 saturated carbocycles. The molecule has 0 aliphatic rings. The van der Waals surface area contributed by atoms with Crippen molar-refractivity contribution in [1.82, 2.24) is 0 Å². The van der Waals surface area contributed by atoms with Crippen LogP contribution in [0.3, 0.4) is 0 Å². The van der Waals surface area contributed by atoms with Gasteiger partial charge in [0.15, 0.2) is 0 Å². The number of methoxy groups -OCH3 is 1. The Morgan fingerprint density at radius 1 is 1.42 bits per heavy atom. The molecule has 12 heavy (non-hydrogen) atoms. The zero-order valence-corrected chi connectivity index (χ0v) is 10.2. The third-order valence-corrected chi connectivity index (χ3v) is 3.23.